The number of carbonyl (C=O) groups is 1. The molecule has 2 aromatic rings. The molecule has 1 aliphatic carbocycles. The maximum atomic E-state index is 13.3. The lowest BCUT2D eigenvalue weighted by atomic mass is 9.90. The number of ether oxygens (including phenoxy) is 1. The number of hydrogen-bond acceptors (Lipinski definition) is 4. The number of nitrogens with one attached hydrogen (secondary N) is 1. The Hall–Kier alpha value is -2.18. The third-order valence-electron chi connectivity index (χ3n) is 6.30. The van der Waals surface area contributed by atoms with Crippen molar-refractivity contribution < 1.29 is 9.53 Å². The van der Waals surface area contributed by atoms with E-state index in [0.29, 0.717) is 44.0 Å². The maximum absolute atomic E-state index is 13.3. The molecule has 1 saturated heterocycles. The van der Waals surface area contributed by atoms with Gasteiger partial charge in [-0.15, -0.1) is 0 Å². The molecule has 6 nitrogen and oxygen atoms in total. The summed E-state index contributed by atoms with van der Waals surface area (Å²) in [5, 5.41) is 8.58. The van der Waals surface area contributed by atoms with Gasteiger partial charge in [0.1, 0.15) is 0 Å². The van der Waals surface area contributed by atoms with Crippen LogP contribution in [0.2, 0.25) is 0 Å². The Labute approximate surface area is 186 Å². The van der Waals surface area contributed by atoms with Crippen molar-refractivity contribution in [1.82, 2.24) is 20.0 Å². The fourth-order valence-electron chi connectivity index (χ4n) is 4.69. The van der Waals surface area contributed by atoms with Gasteiger partial charge in [-0.25, -0.2) is 0 Å². The van der Waals surface area contributed by atoms with Gasteiger partial charge in [0, 0.05) is 36.9 Å². The minimum absolute atomic E-state index is 0.0757. The van der Waals surface area contributed by atoms with Crippen LogP contribution in [0.25, 0.3) is 0 Å². The van der Waals surface area contributed by atoms with Crippen molar-refractivity contribution in [3.05, 3.63) is 52.8 Å². The average Bonchev–Trinajstić information content (AvgIpc) is 3.14. The third-order valence-corrected chi connectivity index (χ3v) is 6.30. The summed E-state index contributed by atoms with van der Waals surface area (Å²) in [7, 11) is 0. The van der Waals surface area contributed by atoms with Crippen molar-refractivity contribution in [2.75, 3.05) is 32.8 Å². The van der Waals surface area contributed by atoms with E-state index in [2.05, 4.69) is 54.2 Å². The number of aryl methyl sites for hydroxylation is 1. The van der Waals surface area contributed by atoms with E-state index in [0.717, 1.165) is 45.2 Å². The second-order valence-electron chi connectivity index (χ2n) is 9.24. The molecule has 0 radical (unpaired) electrons. The Morgan fingerprint density at radius 1 is 1.23 bits per heavy atom. The second-order valence-corrected chi connectivity index (χ2v) is 9.24. The smallest absolute Gasteiger partial charge is 0.274 e. The van der Waals surface area contributed by atoms with Gasteiger partial charge in [0.05, 0.1) is 13.2 Å². The summed E-state index contributed by atoms with van der Waals surface area (Å²) < 4.78 is 7.54. The van der Waals surface area contributed by atoms with Crippen LogP contribution >= 0.6 is 0 Å². The van der Waals surface area contributed by atoms with Crippen molar-refractivity contribution in [2.45, 2.75) is 58.5 Å². The maximum Gasteiger partial charge on any atom is 0.274 e. The van der Waals surface area contributed by atoms with E-state index >= 15 is 0 Å². The highest BCUT2D eigenvalue weighted by Gasteiger charge is 2.31. The number of fused-ring (bicyclic) bond motifs is 1. The van der Waals surface area contributed by atoms with Gasteiger partial charge in [0.15, 0.2) is 5.69 Å². The molecule has 1 aromatic heterocycles. The Balaban J connectivity index is 1.42. The molecule has 1 aromatic carbocycles. The second kappa shape index (κ2) is 10.4. The number of hydrogen-bond donors (Lipinski definition) is 1. The molecule has 0 bridgehead atoms. The monoisotopic (exact) mass is 424 g/mol. The van der Waals surface area contributed by atoms with Crippen LogP contribution < -0.4 is 5.32 Å². The van der Waals surface area contributed by atoms with Crippen LogP contribution in [0.1, 0.15) is 54.0 Å². The van der Waals surface area contributed by atoms with Crippen molar-refractivity contribution >= 4 is 5.91 Å². The third kappa shape index (κ3) is 5.55. The SMILES string of the molecule is CC(C)Cn1nc(C(=O)N2CCOCC2)c2c1CCC(NCCCc1ccccc1)C2. The summed E-state index contributed by atoms with van der Waals surface area (Å²) in [4.78, 5) is 15.2. The zero-order valence-corrected chi connectivity index (χ0v) is 19.0. The van der Waals surface area contributed by atoms with Crippen LogP contribution in [0.5, 0.6) is 0 Å². The van der Waals surface area contributed by atoms with Crippen LogP contribution in [-0.4, -0.2) is 59.5 Å². The molecule has 1 fully saturated rings. The molecule has 168 valence electrons. The van der Waals surface area contributed by atoms with Crippen LogP contribution in [0.15, 0.2) is 30.3 Å². The van der Waals surface area contributed by atoms with Gasteiger partial charge in [-0.05, 0) is 50.1 Å². The Morgan fingerprint density at radius 3 is 2.74 bits per heavy atom. The largest absolute Gasteiger partial charge is 0.378 e. The van der Waals surface area contributed by atoms with Crippen LogP contribution in [0.3, 0.4) is 0 Å². The van der Waals surface area contributed by atoms with E-state index in [9.17, 15) is 4.79 Å². The Bertz CT molecular complexity index is 856. The van der Waals surface area contributed by atoms with E-state index < -0.39 is 0 Å². The van der Waals surface area contributed by atoms with Gasteiger partial charge in [-0.2, -0.15) is 5.10 Å². The Morgan fingerprint density at radius 2 is 2.00 bits per heavy atom. The lowest BCUT2D eigenvalue weighted by Gasteiger charge is -2.28. The summed E-state index contributed by atoms with van der Waals surface area (Å²) in [5.41, 5.74) is 4.51. The quantitative estimate of drug-likeness (QED) is 0.662. The van der Waals surface area contributed by atoms with E-state index in [-0.39, 0.29) is 5.91 Å². The first kappa shape index (κ1) is 22.0. The molecule has 0 saturated carbocycles. The standard InChI is InChI=1S/C25H36N4O2/c1-19(2)18-29-23-11-10-21(26-12-6-9-20-7-4-3-5-8-20)17-22(23)24(27-29)25(30)28-13-15-31-16-14-28/h3-5,7-8,19,21,26H,6,9-18H2,1-2H3. The summed E-state index contributed by atoms with van der Waals surface area (Å²) in [6.45, 7) is 8.83. The fraction of sp³-hybridized carbons (Fsp3) is 0.600. The van der Waals surface area contributed by atoms with Gasteiger partial charge in [-0.3, -0.25) is 9.48 Å². The first-order chi connectivity index (χ1) is 15.1. The highest BCUT2D eigenvalue weighted by atomic mass is 16.5. The molecule has 2 aliphatic rings. The van der Waals surface area contributed by atoms with Crippen molar-refractivity contribution in [2.24, 2.45) is 5.92 Å². The average molecular weight is 425 g/mol. The number of carbonyl (C=O) groups excluding carboxylic acids is 1. The summed E-state index contributed by atoms with van der Waals surface area (Å²) in [6.07, 6.45) is 5.21. The number of morpholine rings is 1. The lowest BCUT2D eigenvalue weighted by Crippen LogP contribution is -2.42. The minimum atomic E-state index is 0.0757. The Kier molecular flexibility index (Phi) is 7.41. The number of aromatic nitrogens is 2. The molecule has 31 heavy (non-hydrogen) atoms. The highest BCUT2D eigenvalue weighted by molar-refractivity contribution is 5.94. The lowest BCUT2D eigenvalue weighted by molar-refractivity contribution is 0.0297. The van der Waals surface area contributed by atoms with E-state index in [1.165, 1.54) is 16.8 Å². The van der Waals surface area contributed by atoms with Gasteiger partial charge >= 0.3 is 0 Å². The van der Waals surface area contributed by atoms with Gasteiger partial charge in [0.2, 0.25) is 0 Å². The van der Waals surface area contributed by atoms with Crippen LogP contribution in [0, 0.1) is 5.92 Å². The first-order valence-electron chi connectivity index (χ1n) is 11.8. The number of benzene rings is 1. The zero-order valence-electron chi connectivity index (χ0n) is 19.0. The van der Waals surface area contributed by atoms with E-state index in [1.54, 1.807) is 0 Å². The molecule has 1 aliphatic heterocycles. The predicted octanol–water partition coefficient (Wildman–Crippen LogP) is 3.09. The molecule has 1 N–H and O–H groups in total. The molecule has 1 unspecified atom stereocenters. The molecule has 1 amide bonds. The molecule has 6 heteroatoms. The summed E-state index contributed by atoms with van der Waals surface area (Å²) in [6, 6.07) is 11.1. The molecule has 0 spiro atoms. The van der Waals surface area contributed by atoms with Gasteiger partial charge < -0.3 is 15.0 Å². The zero-order chi connectivity index (χ0) is 21.6. The highest BCUT2D eigenvalue weighted by Crippen LogP contribution is 2.27. The summed E-state index contributed by atoms with van der Waals surface area (Å²) >= 11 is 0. The molecular weight excluding hydrogens is 388 g/mol. The van der Waals surface area contributed by atoms with Crippen LogP contribution in [-0.2, 0) is 30.5 Å². The molecular formula is C25H36N4O2. The van der Waals surface area contributed by atoms with Gasteiger partial charge in [-0.1, -0.05) is 44.2 Å². The van der Waals surface area contributed by atoms with E-state index in [4.69, 9.17) is 9.84 Å². The first-order valence-corrected chi connectivity index (χ1v) is 11.8. The number of nitrogens with zero attached hydrogens (tertiary/aromatic N) is 3. The van der Waals surface area contributed by atoms with Crippen molar-refractivity contribution in [1.29, 1.82) is 0 Å². The topological polar surface area (TPSA) is 59.4 Å². The predicted molar refractivity (Wildman–Crippen MR) is 122 cm³/mol. The van der Waals surface area contributed by atoms with E-state index in [1.807, 2.05) is 4.90 Å². The molecule has 4 rings (SSSR count). The fourth-order valence-corrected chi connectivity index (χ4v) is 4.69. The summed E-state index contributed by atoms with van der Waals surface area (Å²) in [5.74, 6) is 0.580. The van der Waals surface area contributed by atoms with Gasteiger partial charge in [0.25, 0.3) is 5.91 Å². The van der Waals surface area contributed by atoms with Crippen molar-refractivity contribution in [3.8, 4) is 0 Å². The number of rotatable bonds is 8. The molecule has 2 heterocycles. The molecule has 1 atom stereocenters. The number of amides is 1. The van der Waals surface area contributed by atoms with Crippen molar-refractivity contribution in [3.63, 3.8) is 0 Å². The van der Waals surface area contributed by atoms with Crippen LogP contribution in [0.4, 0.5) is 0 Å². The minimum Gasteiger partial charge on any atom is -0.378 e. The normalized spacial score (nSPS) is 18.9.